The first-order chi connectivity index (χ1) is 12.2. The number of aromatic nitrogens is 3. The molecule has 0 aliphatic carbocycles. The second-order valence-corrected chi connectivity index (χ2v) is 5.30. The second-order valence-electron chi connectivity index (χ2n) is 5.30. The molecule has 0 fully saturated rings. The summed E-state index contributed by atoms with van der Waals surface area (Å²) in [6, 6.07) is 12.4. The van der Waals surface area contributed by atoms with Crippen molar-refractivity contribution in [3.05, 3.63) is 66.1 Å². The van der Waals surface area contributed by atoms with Crippen LogP contribution in [0.2, 0.25) is 0 Å². The molecule has 0 saturated carbocycles. The van der Waals surface area contributed by atoms with E-state index in [0.29, 0.717) is 17.0 Å². The Morgan fingerprint density at radius 3 is 2.92 bits per heavy atom. The first kappa shape index (κ1) is 16.2. The summed E-state index contributed by atoms with van der Waals surface area (Å²) in [6.07, 6.45) is 4.91. The Morgan fingerprint density at radius 2 is 2.20 bits per heavy atom. The molecule has 0 bridgehead atoms. The number of carbonyl (C=O) groups excluding carboxylic acids is 1. The van der Waals surface area contributed by atoms with Crippen LogP contribution in [-0.2, 0) is 11.3 Å². The van der Waals surface area contributed by atoms with Gasteiger partial charge in [-0.3, -0.25) is 9.48 Å². The minimum absolute atomic E-state index is 0.143. The molecule has 7 nitrogen and oxygen atoms in total. The number of hydrogen-bond donors (Lipinski definition) is 1. The molecule has 0 aliphatic heterocycles. The molecule has 25 heavy (non-hydrogen) atoms. The zero-order chi connectivity index (χ0) is 17.6. The first-order valence-electron chi connectivity index (χ1n) is 7.56. The number of nitriles is 1. The van der Waals surface area contributed by atoms with E-state index in [-0.39, 0.29) is 18.3 Å². The zero-order valence-electron chi connectivity index (χ0n) is 13.5. The highest BCUT2D eigenvalue weighted by Gasteiger charge is 2.09. The van der Waals surface area contributed by atoms with Crippen LogP contribution in [0.3, 0.4) is 0 Å². The van der Waals surface area contributed by atoms with E-state index in [9.17, 15) is 4.79 Å². The van der Waals surface area contributed by atoms with Crippen molar-refractivity contribution in [1.82, 2.24) is 14.8 Å². The minimum Gasteiger partial charge on any atom is -0.438 e. The molecule has 0 unspecified atom stereocenters. The van der Waals surface area contributed by atoms with E-state index < -0.39 is 0 Å². The first-order valence-corrected chi connectivity index (χ1v) is 7.56. The van der Waals surface area contributed by atoms with Gasteiger partial charge in [-0.25, -0.2) is 4.98 Å². The van der Waals surface area contributed by atoms with E-state index in [1.807, 2.05) is 13.0 Å². The zero-order valence-corrected chi connectivity index (χ0v) is 13.5. The minimum atomic E-state index is -0.169. The van der Waals surface area contributed by atoms with E-state index in [4.69, 9.17) is 10.00 Å². The van der Waals surface area contributed by atoms with E-state index in [0.717, 1.165) is 5.56 Å². The molecule has 7 heteroatoms. The SMILES string of the molecule is Cc1cc(Oc2ncccc2C#N)ccc1NC(=O)Cn1cccn1. The second kappa shape index (κ2) is 7.27. The van der Waals surface area contributed by atoms with Gasteiger partial charge in [-0.2, -0.15) is 10.4 Å². The lowest BCUT2D eigenvalue weighted by Crippen LogP contribution is -2.19. The molecule has 2 heterocycles. The lowest BCUT2D eigenvalue weighted by molar-refractivity contribution is -0.116. The maximum Gasteiger partial charge on any atom is 0.246 e. The van der Waals surface area contributed by atoms with Crippen LogP contribution in [0, 0.1) is 18.3 Å². The largest absolute Gasteiger partial charge is 0.438 e. The fourth-order valence-corrected chi connectivity index (χ4v) is 2.24. The fraction of sp³-hybridized carbons (Fsp3) is 0.111. The number of amides is 1. The number of nitrogens with one attached hydrogen (secondary N) is 1. The van der Waals surface area contributed by atoms with Crippen molar-refractivity contribution < 1.29 is 9.53 Å². The monoisotopic (exact) mass is 333 g/mol. The number of nitrogens with zero attached hydrogens (tertiary/aromatic N) is 4. The molecule has 3 rings (SSSR count). The maximum atomic E-state index is 12.0. The number of aryl methyl sites for hydroxylation is 1. The summed E-state index contributed by atoms with van der Waals surface area (Å²) < 4.78 is 7.21. The van der Waals surface area contributed by atoms with Gasteiger partial charge in [0.2, 0.25) is 11.8 Å². The number of anilines is 1. The Morgan fingerprint density at radius 1 is 1.32 bits per heavy atom. The summed E-state index contributed by atoms with van der Waals surface area (Å²) in [7, 11) is 0. The van der Waals surface area contributed by atoms with E-state index in [2.05, 4.69) is 15.4 Å². The molecular weight excluding hydrogens is 318 g/mol. The van der Waals surface area contributed by atoms with Gasteiger partial charge in [0.25, 0.3) is 0 Å². The van der Waals surface area contributed by atoms with Crippen LogP contribution >= 0.6 is 0 Å². The van der Waals surface area contributed by atoms with Crippen LogP contribution in [0.15, 0.2) is 55.0 Å². The van der Waals surface area contributed by atoms with Gasteiger partial charge >= 0.3 is 0 Å². The number of pyridine rings is 1. The number of carbonyl (C=O) groups is 1. The van der Waals surface area contributed by atoms with Crippen LogP contribution in [-0.4, -0.2) is 20.7 Å². The molecule has 0 spiro atoms. The van der Waals surface area contributed by atoms with Crippen molar-refractivity contribution >= 4 is 11.6 Å². The predicted molar refractivity (Wildman–Crippen MR) is 91.1 cm³/mol. The fourth-order valence-electron chi connectivity index (χ4n) is 2.24. The highest BCUT2D eigenvalue weighted by molar-refractivity contribution is 5.91. The Bertz CT molecular complexity index is 929. The lowest BCUT2D eigenvalue weighted by Gasteiger charge is -2.11. The van der Waals surface area contributed by atoms with Crippen LogP contribution in [0.4, 0.5) is 5.69 Å². The Balaban J connectivity index is 1.70. The quantitative estimate of drug-likeness (QED) is 0.775. The lowest BCUT2D eigenvalue weighted by atomic mass is 10.2. The van der Waals surface area contributed by atoms with Crippen molar-refractivity contribution in [1.29, 1.82) is 5.26 Å². The summed E-state index contributed by atoms with van der Waals surface area (Å²) in [5.74, 6) is 0.620. The molecule has 1 aromatic carbocycles. The van der Waals surface area contributed by atoms with Gasteiger partial charge in [0.1, 0.15) is 23.9 Å². The molecule has 1 N–H and O–H groups in total. The van der Waals surface area contributed by atoms with Gasteiger partial charge in [0, 0.05) is 24.3 Å². The summed E-state index contributed by atoms with van der Waals surface area (Å²) >= 11 is 0. The molecule has 0 aliphatic rings. The number of rotatable bonds is 5. The average Bonchev–Trinajstić information content (AvgIpc) is 3.10. The topological polar surface area (TPSA) is 92.8 Å². The van der Waals surface area contributed by atoms with Crippen LogP contribution in [0.1, 0.15) is 11.1 Å². The van der Waals surface area contributed by atoms with E-state index in [1.54, 1.807) is 59.7 Å². The molecule has 0 saturated heterocycles. The van der Waals surface area contributed by atoms with E-state index >= 15 is 0 Å². The van der Waals surface area contributed by atoms with Crippen molar-refractivity contribution in [2.45, 2.75) is 13.5 Å². The van der Waals surface area contributed by atoms with Crippen LogP contribution < -0.4 is 10.1 Å². The van der Waals surface area contributed by atoms with Gasteiger partial charge in [0.05, 0.1) is 0 Å². The number of benzene rings is 1. The van der Waals surface area contributed by atoms with Crippen LogP contribution in [0.5, 0.6) is 11.6 Å². The van der Waals surface area contributed by atoms with Gasteiger partial charge < -0.3 is 10.1 Å². The third-order valence-corrected chi connectivity index (χ3v) is 3.44. The van der Waals surface area contributed by atoms with E-state index in [1.165, 1.54) is 0 Å². The standard InChI is InChI=1S/C18H15N5O2/c1-13-10-15(25-18-14(11-19)4-2-7-20-18)5-6-16(13)22-17(24)12-23-9-3-8-21-23/h2-10H,12H2,1H3,(H,22,24). The molecule has 0 atom stereocenters. The summed E-state index contributed by atoms with van der Waals surface area (Å²) in [4.78, 5) is 16.1. The van der Waals surface area contributed by atoms with Gasteiger partial charge in [-0.1, -0.05) is 0 Å². The molecule has 0 radical (unpaired) electrons. The van der Waals surface area contributed by atoms with Crippen molar-refractivity contribution in [2.75, 3.05) is 5.32 Å². The molecule has 124 valence electrons. The highest BCUT2D eigenvalue weighted by atomic mass is 16.5. The van der Waals surface area contributed by atoms with Crippen molar-refractivity contribution in [2.24, 2.45) is 0 Å². The molecule has 1 amide bonds. The average molecular weight is 333 g/mol. The van der Waals surface area contributed by atoms with Gasteiger partial charge in [0.15, 0.2) is 0 Å². The number of hydrogen-bond acceptors (Lipinski definition) is 5. The van der Waals surface area contributed by atoms with Crippen LogP contribution in [0.25, 0.3) is 0 Å². The molecular formula is C18H15N5O2. The Labute approximate surface area is 144 Å². The van der Waals surface area contributed by atoms with Gasteiger partial charge in [-0.05, 0) is 48.9 Å². The summed E-state index contributed by atoms with van der Waals surface area (Å²) in [5, 5.41) is 15.9. The Hall–Kier alpha value is -3.66. The molecule has 2 aromatic heterocycles. The number of ether oxygens (including phenoxy) is 1. The Kier molecular flexibility index (Phi) is 4.72. The smallest absolute Gasteiger partial charge is 0.246 e. The maximum absolute atomic E-state index is 12.0. The highest BCUT2D eigenvalue weighted by Crippen LogP contribution is 2.26. The van der Waals surface area contributed by atoms with Gasteiger partial charge in [-0.15, -0.1) is 0 Å². The predicted octanol–water partition coefficient (Wildman–Crippen LogP) is 2.89. The summed E-state index contributed by atoms with van der Waals surface area (Å²) in [5.41, 5.74) is 1.88. The third-order valence-electron chi connectivity index (χ3n) is 3.44. The molecule has 3 aromatic rings. The third kappa shape index (κ3) is 4.00. The van der Waals surface area contributed by atoms with Crippen molar-refractivity contribution in [3.63, 3.8) is 0 Å². The van der Waals surface area contributed by atoms with Crippen molar-refractivity contribution in [3.8, 4) is 17.7 Å². The normalized spacial score (nSPS) is 10.1. The summed E-state index contributed by atoms with van der Waals surface area (Å²) in [6.45, 7) is 2.00.